The maximum atomic E-state index is 12.1. The fraction of sp³-hybridized carbons (Fsp3) is 0.235. The van der Waals surface area contributed by atoms with Gasteiger partial charge in [-0.05, 0) is 50.6 Å². The third-order valence-electron chi connectivity index (χ3n) is 3.09. The Balaban J connectivity index is 2.06. The number of amides is 2. The van der Waals surface area contributed by atoms with Crippen molar-refractivity contribution in [3.8, 4) is 0 Å². The van der Waals surface area contributed by atoms with Crippen molar-refractivity contribution in [3.63, 3.8) is 0 Å². The van der Waals surface area contributed by atoms with Gasteiger partial charge >= 0.3 is 6.09 Å². The van der Waals surface area contributed by atoms with Gasteiger partial charge in [-0.3, -0.25) is 4.79 Å². The van der Waals surface area contributed by atoms with E-state index in [1.165, 1.54) is 0 Å². The van der Waals surface area contributed by atoms with E-state index in [4.69, 9.17) is 9.15 Å². The van der Waals surface area contributed by atoms with Crippen molar-refractivity contribution in [2.45, 2.75) is 20.8 Å². The van der Waals surface area contributed by atoms with Crippen molar-refractivity contribution >= 4 is 23.4 Å². The summed E-state index contributed by atoms with van der Waals surface area (Å²) in [6.45, 7) is 5.49. The summed E-state index contributed by atoms with van der Waals surface area (Å²) in [6, 6.07) is 10.4. The minimum Gasteiger partial charge on any atom is -0.456 e. The average Bonchev–Trinajstić information content (AvgIpc) is 3.00. The van der Waals surface area contributed by atoms with Crippen molar-refractivity contribution in [2.24, 2.45) is 5.10 Å². The lowest BCUT2D eigenvalue weighted by Gasteiger charge is -2.07. The van der Waals surface area contributed by atoms with Gasteiger partial charge in [0.05, 0.1) is 12.3 Å². The molecule has 1 aromatic carbocycles. The molecule has 0 aliphatic heterocycles. The number of furan rings is 1. The first-order valence-corrected chi connectivity index (χ1v) is 7.45. The minimum absolute atomic E-state index is 0.243. The molecule has 7 heteroatoms. The molecule has 0 radical (unpaired) electrons. The molecule has 1 aromatic heterocycles. The number of carbonyl (C=O) groups excluding carboxylic acids is 2. The normalized spacial score (nSPS) is 11.0. The smallest absolute Gasteiger partial charge is 0.427 e. The Labute approximate surface area is 139 Å². The van der Waals surface area contributed by atoms with Gasteiger partial charge < -0.3 is 14.5 Å². The summed E-state index contributed by atoms with van der Waals surface area (Å²) in [7, 11) is 0. The standard InChI is InChI=1S/C17H19N3O4/c1-4-23-17(22)20-19-12(3)13-6-5-7-14(10-13)18-16(21)15-9-8-11(2)24-15/h5-10H,4H2,1-3H3,(H,18,21)(H,20,22). The lowest BCUT2D eigenvalue weighted by Crippen LogP contribution is -2.20. The third kappa shape index (κ3) is 4.70. The highest BCUT2D eigenvalue weighted by molar-refractivity contribution is 6.04. The molecule has 0 atom stereocenters. The van der Waals surface area contributed by atoms with E-state index in [9.17, 15) is 9.59 Å². The first-order valence-electron chi connectivity index (χ1n) is 7.45. The second-order valence-corrected chi connectivity index (χ2v) is 4.97. The fourth-order valence-corrected chi connectivity index (χ4v) is 1.93. The molecule has 0 spiro atoms. The molecule has 0 aliphatic carbocycles. The van der Waals surface area contributed by atoms with Gasteiger partial charge in [0.2, 0.25) is 0 Å². The van der Waals surface area contributed by atoms with E-state index < -0.39 is 6.09 Å². The summed E-state index contributed by atoms with van der Waals surface area (Å²) in [5, 5.41) is 6.71. The van der Waals surface area contributed by atoms with Crippen LogP contribution in [0, 0.1) is 6.92 Å². The van der Waals surface area contributed by atoms with Crippen LogP contribution in [0.4, 0.5) is 10.5 Å². The number of rotatable bonds is 5. The molecule has 2 amide bonds. The van der Waals surface area contributed by atoms with Crippen molar-refractivity contribution in [1.82, 2.24) is 5.43 Å². The van der Waals surface area contributed by atoms with E-state index in [1.54, 1.807) is 51.1 Å². The van der Waals surface area contributed by atoms with Gasteiger partial charge in [-0.1, -0.05) is 12.1 Å². The molecule has 2 rings (SSSR count). The summed E-state index contributed by atoms with van der Waals surface area (Å²) in [5.74, 6) is 0.577. The number of nitrogens with zero attached hydrogens (tertiary/aromatic N) is 1. The number of nitrogens with one attached hydrogen (secondary N) is 2. The predicted molar refractivity (Wildman–Crippen MR) is 90.2 cm³/mol. The van der Waals surface area contributed by atoms with E-state index in [2.05, 4.69) is 15.8 Å². The molecule has 0 fully saturated rings. The fourth-order valence-electron chi connectivity index (χ4n) is 1.93. The van der Waals surface area contributed by atoms with Crippen molar-refractivity contribution in [3.05, 3.63) is 53.5 Å². The van der Waals surface area contributed by atoms with E-state index in [1.807, 2.05) is 6.07 Å². The molecule has 2 N–H and O–H groups in total. The van der Waals surface area contributed by atoms with Crippen LogP contribution in [0.3, 0.4) is 0 Å². The van der Waals surface area contributed by atoms with Gasteiger partial charge in [0, 0.05) is 5.69 Å². The maximum Gasteiger partial charge on any atom is 0.427 e. The average molecular weight is 329 g/mol. The maximum absolute atomic E-state index is 12.1. The molecule has 0 saturated heterocycles. The molecule has 1 heterocycles. The molecule has 0 aliphatic rings. The van der Waals surface area contributed by atoms with E-state index in [0.29, 0.717) is 17.2 Å². The van der Waals surface area contributed by atoms with Crippen LogP contribution >= 0.6 is 0 Å². The van der Waals surface area contributed by atoms with Crippen molar-refractivity contribution in [1.29, 1.82) is 0 Å². The molecule has 126 valence electrons. The Morgan fingerprint density at radius 3 is 2.71 bits per heavy atom. The quantitative estimate of drug-likeness (QED) is 0.650. The molecule has 2 aromatic rings. The molecule has 0 bridgehead atoms. The Morgan fingerprint density at radius 2 is 2.04 bits per heavy atom. The Bertz CT molecular complexity index is 765. The number of benzene rings is 1. The first-order chi connectivity index (χ1) is 11.5. The largest absolute Gasteiger partial charge is 0.456 e. The summed E-state index contributed by atoms with van der Waals surface area (Å²) in [4.78, 5) is 23.3. The molecular formula is C17H19N3O4. The number of aryl methyl sites for hydroxylation is 1. The summed E-state index contributed by atoms with van der Waals surface area (Å²) >= 11 is 0. The summed E-state index contributed by atoms with van der Waals surface area (Å²) in [5.41, 5.74) is 4.22. The number of hydrazone groups is 1. The zero-order chi connectivity index (χ0) is 17.5. The van der Waals surface area contributed by atoms with Crippen LogP contribution < -0.4 is 10.7 Å². The van der Waals surface area contributed by atoms with Crippen LogP contribution in [0.1, 0.15) is 35.7 Å². The number of anilines is 1. The molecular weight excluding hydrogens is 310 g/mol. The number of carbonyl (C=O) groups is 2. The van der Waals surface area contributed by atoms with Gasteiger partial charge in [-0.15, -0.1) is 0 Å². The Hall–Kier alpha value is -3.09. The monoisotopic (exact) mass is 329 g/mol. The van der Waals surface area contributed by atoms with Gasteiger partial charge in [-0.2, -0.15) is 5.10 Å². The van der Waals surface area contributed by atoms with Crippen molar-refractivity contribution < 1.29 is 18.7 Å². The number of hydrogen-bond acceptors (Lipinski definition) is 5. The third-order valence-corrected chi connectivity index (χ3v) is 3.09. The lowest BCUT2D eigenvalue weighted by atomic mass is 10.1. The van der Waals surface area contributed by atoms with Gasteiger partial charge in [0.15, 0.2) is 5.76 Å². The van der Waals surface area contributed by atoms with Gasteiger partial charge in [-0.25, -0.2) is 10.2 Å². The minimum atomic E-state index is -0.616. The van der Waals surface area contributed by atoms with Crippen LogP contribution in [0.5, 0.6) is 0 Å². The summed E-state index contributed by atoms with van der Waals surface area (Å²) in [6.07, 6.45) is -0.616. The van der Waals surface area contributed by atoms with Gasteiger partial charge in [0.1, 0.15) is 5.76 Å². The molecule has 24 heavy (non-hydrogen) atoms. The predicted octanol–water partition coefficient (Wildman–Crippen LogP) is 3.31. The first kappa shape index (κ1) is 17.3. The van der Waals surface area contributed by atoms with Crippen molar-refractivity contribution in [2.75, 3.05) is 11.9 Å². The van der Waals surface area contributed by atoms with Crippen LogP contribution in [0.15, 0.2) is 45.9 Å². The molecule has 7 nitrogen and oxygen atoms in total. The topological polar surface area (TPSA) is 92.9 Å². The van der Waals surface area contributed by atoms with E-state index in [-0.39, 0.29) is 18.3 Å². The highest BCUT2D eigenvalue weighted by Gasteiger charge is 2.10. The zero-order valence-electron chi connectivity index (χ0n) is 13.8. The lowest BCUT2D eigenvalue weighted by molar-refractivity contribution is 0.0995. The number of ether oxygens (including phenoxy) is 1. The summed E-state index contributed by atoms with van der Waals surface area (Å²) < 4.78 is 10.0. The second kappa shape index (κ2) is 7.96. The van der Waals surface area contributed by atoms with Crippen LogP contribution in [0.25, 0.3) is 0 Å². The Kier molecular flexibility index (Phi) is 5.73. The highest BCUT2D eigenvalue weighted by Crippen LogP contribution is 2.14. The molecule has 0 unspecified atom stereocenters. The van der Waals surface area contributed by atoms with Crippen LogP contribution in [0.2, 0.25) is 0 Å². The van der Waals surface area contributed by atoms with E-state index >= 15 is 0 Å². The van der Waals surface area contributed by atoms with Crippen LogP contribution in [-0.2, 0) is 4.74 Å². The second-order valence-electron chi connectivity index (χ2n) is 4.97. The number of hydrogen-bond donors (Lipinski definition) is 2. The van der Waals surface area contributed by atoms with Crippen LogP contribution in [-0.4, -0.2) is 24.3 Å². The SMILES string of the molecule is CCOC(=O)NN=C(C)c1cccc(NC(=O)c2ccc(C)o2)c1. The Morgan fingerprint density at radius 1 is 1.25 bits per heavy atom. The highest BCUT2D eigenvalue weighted by atomic mass is 16.5. The van der Waals surface area contributed by atoms with E-state index in [0.717, 1.165) is 5.56 Å². The zero-order valence-corrected chi connectivity index (χ0v) is 13.8. The van der Waals surface area contributed by atoms with Gasteiger partial charge in [0.25, 0.3) is 5.91 Å². The molecule has 0 saturated carbocycles.